The number of rotatable bonds is 6. The van der Waals surface area contributed by atoms with Gasteiger partial charge in [-0.2, -0.15) is 0 Å². The van der Waals surface area contributed by atoms with Gasteiger partial charge in [0.1, 0.15) is 0 Å². The monoisotopic (exact) mass is 287 g/mol. The van der Waals surface area contributed by atoms with Gasteiger partial charge in [0.05, 0.1) is 6.61 Å². The second-order valence-electron chi connectivity index (χ2n) is 5.42. The minimum absolute atomic E-state index is 0.110. The van der Waals surface area contributed by atoms with E-state index in [4.69, 9.17) is 28.9 Å². The fourth-order valence-corrected chi connectivity index (χ4v) is 2.89. The van der Waals surface area contributed by atoms with Gasteiger partial charge in [-0.3, -0.25) is 0 Å². The minimum atomic E-state index is -0.237. The summed E-state index contributed by atoms with van der Waals surface area (Å²) in [6.45, 7) is 0.595. The first-order chi connectivity index (χ1) is 8.58. The third-order valence-electron chi connectivity index (χ3n) is 3.77. The van der Waals surface area contributed by atoms with Crippen LogP contribution in [0.4, 0.5) is 0 Å². The summed E-state index contributed by atoms with van der Waals surface area (Å²) in [5, 5.41) is 11.0. The highest BCUT2D eigenvalue weighted by atomic mass is 35.5. The van der Waals surface area contributed by atoms with Gasteiger partial charge in [-0.05, 0) is 36.5 Å². The van der Waals surface area contributed by atoms with E-state index in [0.29, 0.717) is 23.0 Å². The van der Waals surface area contributed by atoms with Crippen LogP contribution in [0.3, 0.4) is 0 Å². The molecule has 2 nitrogen and oxygen atoms in total. The van der Waals surface area contributed by atoms with Crippen LogP contribution in [-0.2, 0) is 6.42 Å². The highest BCUT2D eigenvalue weighted by Crippen LogP contribution is 2.42. The first-order valence-corrected chi connectivity index (χ1v) is 7.09. The molecule has 0 radical (unpaired) electrons. The Bertz CT molecular complexity index is 414. The molecule has 3 N–H and O–H groups in total. The number of halogens is 2. The molecule has 0 heterocycles. The van der Waals surface area contributed by atoms with Crippen molar-refractivity contribution in [2.75, 3.05) is 13.2 Å². The van der Waals surface area contributed by atoms with Crippen LogP contribution in [0.25, 0.3) is 0 Å². The zero-order valence-electron chi connectivity index (χ0n) is 10.3. The average Bonchev–Trinajstić information content (AvgIpc) is 3.15. The molecule has 1 aliphatic rings. The lowest BCUT2D eigenvalue weighted by atomic mass is 9.78. The summed E-state index contributed by atoms with van der Waals surface area (Å²) in [7, 11) is 0. The SMILES string of the molecule is NCC(CO)(Cc1ccc(Cl)cc1Cl)CC1CC1. The van der Waals surface area contributed by atoms with Gasteiger partial charge in [-0.25, -0.2) is 0 Å². The number of hydrogen-bond donors (Lipinski definition) is 2. The van der Waals surface area contributed by atoms with Crippen LogP contribution in [0.5, 0.6) is 0 Å². The fraction of sp³-hybridized carbons (Fsp3) is 0.571. The summed E-state index contributed by atoms with van der Waals surface area (Å²) in [5.74, 6) is 0.728. The normalized spacial score (nSPS) is 18.7. The van der Waals surface area contributed by atoms with Crippen molar-refractivity contribution in [3.05, 3.63) is 33.8 Å². The Labute approximate surface area is 118 Å². The van der Waals surface area contributed by atoms with Gasteiger partial charge < -0.3 is 10.8 Å². The molecule has 0 spiro atoms. The standard InChI is InChI=1S/C14H19Cl2NO/c15-12-4-3-11(13(16)5-12)7-14(8-17,9-18)6-10-1-2-10/h3-5,10,18H,1-2,6-9,17H2. The van der Waals surface area contributed by atoms with Crippen LogP contribution >= 0.6 is 23.2 Å². The van der Waals surface area contributed by atoms with E-state index >= 15 is 0 Å². The first-order valence-electron chi connectivity index (χ1n) is 6.33. The van der Waals surface area contributed by atoms with Gasteiger partial charge >= 0.3 is 0 Å². The Kier molecular flexibility index (Phi) is 4.54. The third kappa shape index (κ3) is 3.39. The molecule has 0 bridgehead atoms. The summed E-state index contributed by atoms with van der Waals surface area (Å²) in [6.07, 6.45) is 4.22. The van der Waals surface area contributed by atoms with Crippen molar-refractivity contribution in [2.45, 2.75) is 25.7 Å². The molecular weight excluding hydrogens is 269 g/mol. The molecular formula is C14H19Cl2NO. The Hall–Kier alpha value is -0.280. The van der Waals surface area contributed by atoms with Gasteiger partial charge in [0, 0.05) is 22.0 Å². The maximum atomic E-state index is 9.71. The topological polar surface area (TPSA) is 46.2 Å². The van der Waals surface area contributed by atoms with Gasteiger partial charge in [-0.15, -0.1) is 0 Å². The second-order valence-corrected chi connectivity index (χ2v) is 6.27. The molecule has 0 aromatic heterocycles. The highest BCUT2D eigenvalue weighted by Gasteiger charge is 2.36. The summed E-state index contributed by atoms with van der Waals surface area (Å²) in [6, 6.07) is 5.50. The summed E-state index contributed by atoms with van der Waals surface area (Å²) < 4.78 is 0. The van der Waals surface area contributed by atoms with Gasteiger partial charge in [0.25, 0.3) is 0 Å². The van der Waals surface area contributed by atoms with E-state index < -0.39 is 0 Å². The van der Waals surface area contributed by atoms with Crippen molar-refractivity contribution in [1.82, 2.24) is 0 Å². The quantitative estimate of drug-likeness (QED) is 0.844. The number of hydrogen-bond acceptors (Lipinski definition) is 2. The van der Waals surface area contributed by atoms with Gasteiger partial charge in [0.2, 0.25) is 0 Å². The number of nitrogens with two attached hydrogens (primary N) is 1. The highest BCUT2D eigenvalue weighted by molar-refractivity contribution is 6.35. The van der Waals surface area contributed by atoms with Crippen molar-refractivity contribution in [1.29, 1.82) is 0 Å². The molecule has 1 saturated carbocycles. The van der Waals surface area contributed by atoms with Gasteiger partial charge in [0.15, 0.2) is 0 Å². The molecule has 1 fully saturated rings. The molecule has 0 saturated heterocycles. The molecule has 0 aliphatic heterocycles. The van der Waals surface area contributed by atoms with E-state index in [-0.39, 0.29) is 12.0 Å². The molecule has 1 unspecified atom stereocenters. The lowest BCUT2D eigenvalue weighted by Crippen LogP contribution is -2.37. The van der Waals surface area contributed by atoms with Crippen LogP contribution in [0.1, 0.15) is 24.8 Å². The summed E-state index contributed by atoms with van der Waals surface area (Å²) in [5.41, 5.74) is 6.67. The van der Waals surface area contributed by atoms with Crippen molar-refractivity contribution in [3.63, 3.8) is 0 Å². The van der Waals surface area contributed by atoms with E-state index in [1.165, 1.54) is 12.8 Å². The average molecular weight is 288 g/mol. The van der Waals surface area contributed by atoms with Crippen molar-refractivity contribution in [3.8, 4) is 0 Å². The van der Waals surface area contributed by atoms with Crippen molar-refractivity contribution < 1.29 is 5.11 Å². The molecule has 1 aromatic rings. The number of aliphatic hydroxyl groups excluding tert-OH is 1. The van der Waals surface area contributed by atoms with Crippen LogP contribution in [0.15, 0.2) is 18.2 Å². The molecule has 1 atom stereocenters. The maximum Gasteiger partial charge on any atom is 0.0502 e. The number of aliphatic hydroxyl groups is 1. The summed E-state index contributed by atoms with van der Waals surface area (Å²) >= 11 is 12.1. The maximum absolute atomic E-state index is 9.71. The lowest BCUT2D eigenvalue weighted by molar-refractivity contribution is 0.115. The molecule has 100 valence electrons. The van der Waals surface area contributed by atoms with Crippen molar-refractivity contribution in [2.24, 2.45) is 17.1 Å². The predicted octanol–water partition coefficient (Wildman–Crippen LogP) is 3.27. The van der Waals surface area contributed by atoms with Crippen LogP contribution in [0.2, 0.25) is 10.0 Å². The smallest absolute Gasteiger partial charge is 0.0502 e. The Balaban J connectivity index is 2.16. The molecule has 2 rings (SSSR count). The zero-order valence-corrected chi connectivity index (χ0v) is 11.8. The van der Waals surface area contributed by atoms with Gasteiger partial charge in [-0.1, -0.05) is 42.1 Å². The third-order valence-corrected chi connectivity index (χ3v) is 4.35. The van der Waals surface area contributed by atoms with Crippen LogP contribution < -0.4 is 5.73 Å². The molecule has 1 aliphatic carbocycles. The van der Waals surface area contributed by atoms with E-state index in [1.807, 2.05) is 12.1 Å². The van der Waals surface area contributed by atoms with Crippen LogP contribution in [-0.4, -0.2) is 18.3 Å². The molecule has 4 heteroatoms. The predicted molar refractivity (Wildman–Crippen MR) is 76.1 cm³/mol. The minimum Gasteiger partial charge on any atom is -0.396 e. The lowest BCUT2D eigenvalue weighted by Gasteiger charge is -2.31. The molecule has 1 aromatic carbocycles. The van der Waals surface area contributed by atoms with E-state index in [0.717, 1.165) is 17.9 Å². The van der Waals surface area contributed by atoms with E-state index in [1.54, 1.807) is 6.07 Å². The Morgan fingerprint density at radius 1 is 1.33 bits per heavy atom. The van der Waals surface area contributed by atoms with E-state index in [9.17, 15) is 5.11 Å². The molecule has 18 heavy (non-hydrogen) atoms. The largest absolute Gasteiger partial charge is 0.396 e. The van der Waals surface area contributed by atoms with Crippen molar-refractivity contribution >= 4 is 23.2 Å². The zero-order chi connectivity index (χ0) is 13.2. The molecule has 0 amide bonds. The first kappa shape index (κ1) is 14.1. The fourth-order valence-electron chi connectivity index (χ4n) is 2.42. The summed E-state index contributed by atoms with van der Waals surface area (Å²) in [4.78, 5) is 0. The Morgan fingerprint density at radius 2 is 2.06 bits per heavy atom. The second kappa shape index (κ2) is 5.79. The van der Waals surface area contributed by atoms with Crippen LogP contribution in [0, 0.1) is 11.3 Å². The number of benzene rings is 1. The Morgan fingerprint density at radius 3 is 2.56 bits per heavy atom. The van der Waals surface area contributed by atoms with E-state index in [2.05, 4.69) is 0 Å².